The molecular formula is C20H16N2O4S. The highest BCUT2D eigenvalue weighted by atomic mass is 32.2. The number of carbonyl (C=O) groups is 1. The van der Waals surface area contributed by atoms with Crippen LogP contribution < -0.4 is 10.3 Å². The molecule has 6 nitrogen and oxygen atoms in total. The van der Waals surface area contributed by atoms with E-state index in [9.17, 15) is 13.2 Å². The number of hydrogen-bond donors (Lipinski definition) is 2. The number of furan rings is 1. The first-order valence-electron chi connectivity index (χ1n) is 8.28. The maximum atomic E-state index is 12.3. The molecule has 0 unspecified atom stereocenters. The van der Waals surface area contributed by atoms with Crippen LogP contribution in [0.1, 0.15) is 5.56 Å². The molecule has 4 aromatic rings. The van der Waals surface area contributed by atoms with Crippen molar-refractivity contribution in [2.75, 3.05) is 0 Å². The third-order valence-electron chi connectivity index (χ3n) is 4.27. The summed E-state index contributed by atoms with van der Waals surface area (Å²) in [6.45, 7) is 0. The van der Waals surface area contributed by atoms with E-state index < -0.39 is 15.9 Å². The van der Waals surface area contributed by atoms with Crippen molar-refractivity contribution in [2.45, 2.75) is 11.3 Å². The largest absolute Gasteiger partial charge is 0.464 e. The molecule has 1 amide bonds. The van der Waals surface area contributed by atoms with E-state index in [2.05, 4.69) is 10.3 Å². The van der Waals surface area contributed by atoms with E-state index in [4.69, 9.17) is 4.42 Å². The summed E-state index contributed by atoms with van der Waals surface area (Å²) in [5.41, 5.74) is 3.63. The zero-order valence-electron chi connectivity index (χ0n) is 14.2. The number of hydrogen-bond acceptors (Lipinski definition) is 4. The molecule has 0 fully saturated rings. The number of rotatable bonds is 5. The van der Waals surface area contributed by atoms with Crippen LogP contribution in [0.25, 0.3) is 21.7 Å². The van der Waals surface area contributed by atoms with E-state index in [0.29, 0.717) is 11.1 Å². The van der Waals surface area contributed by atoms with Gasteiger partial charge in [0.05, 0.1) is 17.6 Å². The van der Waals surface area contributed by atoms with E-state index in [0.717, 1.165) is 16.2 Å². The minimum atomic E-state index is -3.82. The second-order valence-corrected chi connectivity index (χ2v) is 7.75. The lowest BCUT2D eigenvalue weighted by Gasteiger charge is -2.08. The number of fused-ring (bicyclic) bond motifs is 3. The fourth-order valence-electron chi connectivity index (χ4n) is 3.00. The van der Waals surface area contributed by atoms with Crippen LogP contribution in [0, 0.1) is 0 Å². The molecule has 0 saturated carbocycles. The molecule has 0 bridgehead atoms. The average Bonchev–Trinajstić information content (AvgIpc) is 3.10. The molecular weight excluding hydrogens is 364 g/mol. The minimum Gasteiger partial charge on any atom is -0.464 e. The summed E-state index contributed by atoms with van der Waals surface area (Å²) in [5.74, 6) is -0.481. The van der Waals surface area contributed by atoms with Crippen LogP contribution in [0.5, 0.6) is 0 Å². The Morgan fingerprint density at radius 2 is 1.67 bits per heavy atom. The van der Waals surface area contributed by atoms with Gasteiger partial charge in [-0.2, -0.15) is 0 Å². The van der Waals surface area contributed by atoms with Gasteiger partial charge in [-0.1, -0.05) is 48.5 Å². The van der Waals surface area contributed by atoms with Gasteiger partial charge in [0, 0.05) is 10.9 Å². The number of hydrazine groups is 1. The van der Waals surface area contributed by atoms with Crippen LogP contribution >= 0.6 is 0 Å². The number of benzene rings is 3. The quantitative estimate of drug-likeness (QED) is 0.521. The molecule has 0 radical (unpaired) electrons. The predicted octanol–water partition coefficient (Wildman–Crippen LogP) is 3.14. The van der Waals surface area contributed by atoms with Crippen molar-refractivity contribution < 1.29 is 17.6 Å². The smallest absolute Gasteiger partial charge is 0.257 e. The van der Waals surface area contributed by atoms with Crippen molar-refractivity contribution in [1.82, 2.24) is 10.3 Å². The maximum absolute atomic E-state index is 12.3. The van der Waals surface area contributed by atoms with Crippen molar-refractivity contribution in [2.24, 2.45) is 0 Å². The Labute approximate surface area is 155 Å². The number of nitrogens with one attached hydrogen (secondary N) is 2. The zero-order chi connectivity index (χ0) is 18.9. The van der Waals surface area contributed by atoms with E-state index in [1.165, 1.54) is 18.4 Å². The van der Waals surface area contributed by atoms with Crippen molar-refractivity contribution in [3.8, 4) is 0 Å². The Hall–Kier alpha value is -3.16. The maximum Gasteiger partial charge on any atom is 0.257 e. The standard InChI is InChI=1S/C20H16N2O4S/c23-19(21-22-27(24,25)16-7-2-1-3-8-16)12-15-13-26-18-11-10-14-6-4-5-9-17(14)20(15)18/h1-11,13,22H,12H2,(H,21,23). The molecule has 0 aliphatic heterocycles. The molecule has 0 spiro atoms. The monoisotopic (exact) mass is 380 g/mol. The predicted molar refractivity (Wildman–Crippen MR) is 102 cm³/mol. The molecule has 136 valence electrons. The lowest BCUT2D eigenvalue weighted by molar-refractivity contribution is -0.120. The third-order valence-corrected chi connectivity index (χ3v) is 5.53. The fourth-order valence-corrected chi connectivity index (χ4v) is 3.89. The van der Waals surface area contributed by atoms with Crippen LogP contribution in [-0.4, -0.2) is 14.3 Å². The molecule has 27 heavy (non-hydrogen) atoms. The third kappa shape index (κ3) is 3.42. The fraction of sp³-hybridized carbons (Fsp3) is 0.0500. The van der Waals surface area contributed by atoms with Crippen LogP contribution in [-0.2, 0) is 21.2 Å². The average molecular weight is 380 g/mol. The second kappa shape index (κ2) is 6.86. The van der Waals surface area contributed by atoms with Gasteiger partial charge in [-0.15, -0.1) is 4.83 Å². The molecule has 7 heteroatoms. The normalized spacial score (nSPS) is 11.7. The van der Waals surface area contributed by atoms with Gasteiger partial charge in [0.2, 0.25) is 5.91 Å². The Kier molecular flexibility index (Phi) is 4.39. The first kappa shape index (κ1) is 17.3. The highest BCUT2D eigenvalue weighted by Gasteiger charge is 2.17. The van der Waals surface area contributed by atoms with Gasteiger partial charge in [-0.05, 0) is 29.0 Å². The molecule has 4 rings (SSSR count). The van der Waals surface area contributed by atoms with E-state index in [-0.39, 0.29) is 11.3 Å². The van der Waals surface area contributed by atoms with Gasteiger partial charge < -0.3 is 4.42 Å². The number of sulfonamides is 1. The van der Waals surface area contributed by atoms with Crippen molar-refractivity contribution in [3.63, 3.8) is 0 Å². The summed E-state index contributed by atoms with van der Waals surface area (Å²) in [7, 11) is -3.82. The summed E-state index contributed by atoms with van der Waals surface area (Å²) in [4.78, 5) is 14.5. The summed E-state index contributed by atoms with van der Waals surface area (Å²) in [6, 6.07) is 19.5. The van der Waals surface area contributed by atoms with Crippen LogP contribution in [0.3, 0.4) is 0 Å². The Balaban J connectivity index is 1.54. The first-order chi connectivity index (χ1) is 13.0. The minimum absolute atomic E-state index is 0.0156. The Morgan fingerprint density at radius 3 is 2.48 bits per heavy atom. The summed E-state index contributed by atoms with van der Waals surface area (Å²) in [5, 5.41) is 2.88. The molecule has 0 aliphatic carbocycles. The summed E-state index contributed by atoms with van der Waals surface area (Å²) >= 11 is 0. The van der Waals surface area contributed by atoms with Crippen LogP contribution in [0.4, 0.5) is 0 Å². The van der Waals surface area contributed by atoms with Gasteiger partial charge in [-0.3, -0.25) is 10.2 Å². The van der Waals surface area contributed by atoms with Crippen molar-refractivity contribution in [1.29, 1.82) is 0 Å². The molecule has 0 atom stereocenters. The Bertz CT molecular complexity index is 1230. The van der Waals surface area contributed by atoms with Gasteiger partial charge in [0.15, 0.2) is 0 Å². The van der Waals surface area contributed by atoms with Crippen molar-refractivity contribution in [3.05, 3.63) is 78.6 Å². The van der Waals surface area contributed by atoms with E-state index in [1.54, 1.807) is 18.2 Å². The van der Waals surface area contributed by atoms with Crippen LogP contribution in [0.15, 0.2) is 82.3 Å². The Morgan fingerprint density at radius 1 is 0.926 bits per heavy atom. The lowest BCUT2D eigenvalue weighted by Crippen LogP contribution is -2.42. The van der Waals surface area contributed by atoms with Crippen molar-refractivity contribution >= 4 is 37.7 Å². The molecule has 0 saturated heterocycles. The van der Waals surface area contributed by atoms with E-state index >= 15 is 0 Å². The SMILES string of the molecule is O=C(Cc1coc2ccc3ccccc3c12)NNS(=O)(=O)c1ccccc1. The van der Waals surface area contributed by atoms with Gasteiger partial charge in [-0.25, -0.2) is 8.42 Å². The highest BCUT2D eigenvalue weighted by molar-refractivity contribution is 7.89. The van der Waals surface area contributed by atoms with Crippen LogP contribution in [0.2, 0.25) is 0 Å². The molecule has 2 N–H and O–H groups in total. The molecule has 1 heterocycles. The lowest BCUT2D eigenvalue weighted by atomic mass is 10.0. The second-order valence-electron chi connectivity index (χ2n) is 6.06. The van der Waals surface area contributed by atoms with Gasteiger partial charge >= 0.3 is 0 Å². The number of carbonyl (C=O) groups excluding carboxylic acids is 1. The van der Waals surface area contributed by atoms with E-state index in [1.807, 2.05) is 36.4 Å². The highest BCUT2D eigenvalue weighted by Crippen LogP contribution is 2.30. The summed E-state index contributed by atoms with van der Waals surface area (Å²) < 4.78 is 29.9. The number of amides is 1. The topological polar surface area (TPSA) is 88.4 Å². The molecule has 0 aliphatic rings. The molecule has 1 aromatic heterocycles. The zero-order valence-corrected chi connectivity index (χ0v) is 15.0. The first-order valence-corrected chi connectivity index (χ1v) is 9.76. The van der Waals surface area contributed by atoms with Gasteiger partial charge in [0.1, 0.15) is 5.58 Å². The van der Waals surface area contributed by atoms with Gasteiger partial charge in [0.25, 0.3) is 10.0 Å². The summed E-state index contributed by atoms with van der Waals surface area (Å²) in [6.07, 6.45) is 1.51. The molecule has 3 aromatic carbocycles.